The predicted octanol–water partition coefficient (Wildman–Crippen LogP) is 2.05. The van der Waals surface area contributed by atoms with Crippen molar-refractivity contribution in [2.24, 2.45) is 0 Å². The van der Waals surface area contributed by atoms with Gasteiger partial charge in [-0.1, -0.05) is 17.7 Å². The van der Waals surface area contributed by atoms with Crippen molar-refractivity contribution in [3.05, 3.63) is 29.8 Å². The number of hydrogen-bond donors (Lipinski definition) is 1. The lowest BCUT2D eigenvalue weighted by atomic mass is 10.2. The molecule has 0 heterocycles. The molecule has 0 amide bonds. The van der Waals surface area contributed by atoms with Crippen molar-refractivity contribution in [1.29, 1.82) is 0 Å². The number of benzene rings is 1. The number of alkyl halides is 2. The molecule has 3 nitrogen and oxygen atoms in total. The van der Waals surface area contributed by atoms with E-state index in [9.17, 15) is 13.6 Å². The molecule has 1 N–H and O–H groups in total. The molecule has 0 unspecified atom stereocenters. The van der Waals surface area contributed by atoms with Crippen molar-refractivity contribution in [3.63, 3.8) is 0 Å². The Hall–Kier alpha value is -1.65. The summed E-state index contributed by atoms with van der Waals surface area (Å²) in [7, 11) is 0. The molecule has 0 aliphatic rings. The van der Waals surface area contributed by atoms with E-state index in [1.54, 1.807) is 19.1 Å². The summed E-state index contributed by atoms with van der Waals surface area (Å²) < 4.78 is 29.0. The van der Waals surface area contributed by atoms with E-state index in [4.69, 9.17) is 5.11 Å². The van der Waals surface area contributed by atoms with Crippen LogP contribution in [0.4, 0.5) is 8.78 Å². The number of aryl methyl sites for hydroxylation is 1. The highest BCUT2D eigenvalue weighted by Gasteiger charge is 2.42. The zero-order valence-corrected chi connectivity index (χ0v) is 7.33. The number of carboxylic acids is 1. The summed E-state index contributed by atoms with van der Waals surface area (Å²) in [4.78, 5) is 10.0. The van der Waals surface area contributed by atoms with Gasteiger partial charge < -0.3 is 9.84 Å². The van der Waals surface area contributed by atoms with Gasteiger partial charge in [0, 0.05) is 0 Å². The third-order valence-corrected chi connectivity index (χ3v) is 1.52. The number of halogens is 2. The minimum atomic E-state index is -4.19. The van der Waals surface area contributed by atoms with Crippen molar-refractivity contribution < 1.29 is 23.4 Å². The first-order valence-corrected chi connectivity index (χ1v) is 3.79. The van der Waals surface area contributed by atoms with Gasteiger partial charge in [-0.2, -0.15) is 8.78 Å². The maximum atomic E-state index is 12.5. The SMILES string of the molecule is Cc1ccc(OC(F)(F)C(=O)O)cc1. The van der Waals surface area contributed by atoms with Crippen LogP contribution < -0.4 is 4.74 Å². The summed E-state index contributed by atoms with van der Waals surface area (Å²) in [6.45, 7) is 1.78. The van der Waals surface area contributed by atoms with Gasteiger partial charge in [0.1, 0.15) is 5.75 Å². The van der Waals surface area contributed by atoms with Crippen molar-refractivity contribution in [2.45, 2.75) is 13.0 Å². The van der Waals surface area contributed by atoms with Crippen molar-refractivity contribution in [1.82, 2.24) is 0 Å². The lowest BCUT2D eigenvalue weighted by molar-refractivity contribution is -0.210. The summed E-state index contributed by atoms with van der Waals surface area (Å²) in [5.74, 6) is -2.49. The maximum Gasteiger partial charge on any atom is 0.501 e. The topological polar surface area (TPSA) is 46.5 Å². The van der Waals surface area contributed by atoms with Crippen LogP contribution in [0.2, 0.25) is 0 Å². The molecule has 0 radical (unpaired) electrons. The van der Waals surface area contributed by atoms with Crippen LogP contribution in [0.3, 0.4) is 0 Å². The molecule has 1 aromatic rings. The highest BCUT2D eigenvalue weighted by molar-refractivity contribution is 5.73. The molecule has 0 bridgehead atoms. The van der Waals surface area contributed by atoms with E-state index in [2.05, 4.69) is 4.74 Å². The summed E-state index contributed by atoms with van der Waals surface area (Å²) in [5, 5.41) is 8.08. The number of carboxylic acid groups (broad SMARTS) is 1. The summed E-state index contributed by atoms with van der Waals surface area (Å²) in [6.07, 6.45) is -4.19. The Morgan fingerprint density at radius 3 is 2.29 bits per heavy atom. The number of aliphatic carboxylic acids is 1. The fourth-order valence-electron chi connectivity index (χ4n) is 0.798. The second kappa shape index (κ2) is 3.61. The molecular formula is C9H8F2O3. The van der Waals surface area contributed by atoms with Crippen molar-refractivity contribution in [3.8, 4) is 5.75 Å². The highest BCUT2D eigenvalue weighted by atomic mass is 19.3. The number of hydrogen-bond acceptors (Lipinski definition) is 2. The third kappa shape index (κ3) is 2.42. The zero-order valence-electron chi connectivity index (χ0n) is 7.33. The lowest BCUT2D eigenvalue weighted by Crippen LogP contribution is -2.34. The zero-order chi connectivity index (χ0) is 10.8. The van der Waals surface area contributed by atoms with Gasteiger partial charge in [0.05, 0.1) is 0 Å². The summed E-state index contributed by atoms with van der Waals surface area (Å²) in [5.41, 5.74) is 0.871. The molecule has 0 spiro atoms. The van der Waals surface area contributed by atoms with Crippen LogP contribution in [0, 0.1) is 6.92 Å². The number of carbonyl (C=O) groups is 1. The molecule has 1 aromatic carbocycles. The van der Waals surface area contributed by atoms with E-state index in [0.29, 0.717) is 0 Å². The second-order valence-corrected chi connectivity index (χ2v) is 2.74. The van der Waals surface area contributed by atoms with Gasteiger partial charge in [-0.15, -0.1) is 0 Å². The fraction of sp³-hybridized carbons (Fsp3) is 0.222. The summed E-state index contributed by atoms with van der Waals surface area (Å²) >= 11 is 0. The maximum absolute atomic E-state index is 12.5. The van der Waals surface area contributed by atoms with E-state index < -0.39 is 12.1 Å². The van der Waals surface area contributed by atoms with Gasteiger partial charge in [0.2, 0.25) is 0 Å². The standard InChI is InChI=1S/C9H8F2O3/c1-6-2-4-7(5-3-6)14-9(10,11)8(12)13/h2-5H,1H3,(H,12,13). The number of ether oxygens (including phenoxy) is 1. The van der Waals surface area contributed by atoms with Crippen LogP contribution in [0.15, 0.2) is 24.3 Å². The lowest BCUT2D eigenvalue weighted by Gasteiger charge is -2.12. The molecule has 76 valence electrons. The van der Waals surface area contributed by atoms with Gasteiger partial charge in [0.15, 0.2) is 0 Å². The molecule has 0 fully saturated rings. The average molecular weight is 202 g/mol. The molecule has 0 saturated carbocycles. The van der Waals surface area contributed by atoms with Crippen LogP contribution >= 0.6 is 0 Å². The van der Waals surface area contributed by atoms with E-state index >= 15 is 0 Å². The van der Waals surface area contributed by atoms with Gasteiger partial charge in [-0.3, -0.25) is 0 Å². The normalized spacial score (nSPS) is 11.1. The van der Waals surface area contributed by atoms with Crippen LogP contribution in [0.1, 0.15) is 5.56 Å². The molecule has 0 saturated heterocycles. The minimum Gasteiger partial charge on any atom is -0.474 e. The van der Waals surface area contributed by atoms with Gasteiger partial charge in [0.25, 0.3) is 0 Å². The largest absolute Gasteiger partial charge is 0.501 e. The van der Waals surface area contributed by atoms with Crippen molar-refractivity contribution >= 4 is 5.97 Å². The van der Waals surface area contributed by atoms with Gasteiger partial charge >= 0.3 is 12.1 Å². The van der Waals surface area contributed by atoms with Crippen LogP contribution in [0.5, 0.6) is 5.75 Å². The third-order valence-electron chi connectivity index (χ3n) is 1.52. The Balaban J connectivity index is 2.79. The predicted molar refractivity (Wildman–Crippen MR) is 44.4 cm³/mol. The van der Waals surface area contributed by atoms with Crippen LogP contribution in [-0.4, -0.2) is 17.2 Å². The molecule has 1 rings (SSSR count). The average Bonchev–Trinajstić information content (AvgIpc) is 2.08. The highest BCUT2D eigenvalue weighted by Crippen LogP contribution is 2.21. The molecule has 0 aliphatic heterocycles. The Morgan fingerprint density at radius 2 is 1.86 bits per heavy atom. The van der Waals surface area contributed by atoms with E-state index in [1.807, 2.05) is 0 Å². The van der Waals surface area contributed by atoms with E-state index in [0.717, 1.165) is 5.56 Å². The minimum absolute atomic E-state index is 0.178. The monoisotopic (exact) mass is 202 g/mol. The van der Waals surface area contributed by atoms with Crippen LogP contribution in [-0.2, 0) is 4.79 Å². The number of rotatable bonds is 3. The van der Waals surface area contributed by atoms with Gasteiger partial charge in [-0.25, -0.2) is 4.79 Å². The van der Waals surface area contributed by atoms with E-state index in [-0.39, 0.29) is 5.75 Å². The quantitative estimate of drug-likeness (QED) is 0.815. The summed E-state index contributed by atoms with van der Waals surface area (Å²) in [6, 6.07) is 5.67. The first-order chi connectivity index (χ1) is 6.42. The van der Waals surface area contributed by atoms with Gasteiger partial charge in [-0.05, 0) is 19.1 Å². The molecule has 0 aliphatic carbocycles. The first kappa shape index (κ1) is 10.4. The van der Waals surface area contributed by atoms with E-state index in [1.165, 1.54) is 12.1 Å². The Morgan fingerprint density at radius 1 is 1.36 bits per heavy atom. The van der Waals surface area contributed by atoms with Crippen LogP contribution in [0.25, 0.3) is 0 Å². The molecule has 0 atom stereocenters. The first-order valence-electron chi connectivity index (χ1n) is 3.79. The molecular weight excluding hydrogens is 194 g/mol. The van der Waals surface area contributed by atoms with Crippen molar-refractivity contribution in [2.75, 3.05) is 0 Å². The smallest absolute Gasteiger partial charge is 0.474 e. The Bertz CT molecular complexity index is 332. The molecule has 5 heteroatoms. The Labute approximate surface area is 78.9 Å². The Kier molecular flexibility index (Phi) is 2.69. The molecule has 14 heavy (non-hydrogen) atoms. The molecule has 0 aromatic heterocycles. The second-order valence-electron chi connectivity index (χ2n) is 2.74. The fourth-order valence-corrected chi connectivity index (χ4v) is 0.798.